The highest BCUT2D eigenvalue weighted by atomic mass is 35.5. The fraction of sp³-hybridized carbons (Fsp3) is 0.0625. The van der Waals surface area contributed by atoms with E-state index in [-0.39, 0.29) is 11.1 Å². The molecule has 0 unspecified atom stereocenters. The smallest absolute Gasteiger partial charge is 0.337 e. The lowest BCUT2D eigenvalue weighted by molar-refractivity contribution is 0.102. The summed E-state index contributed by atoms with van der Waals surface area (Å²) >= 11 is 5.75. The lowest BCUT2D eigenvalue weighted by atomic mass is 10.1. The number of ether oxygens (including phenoxy) is 1. The molecule has 0 aliphatic carbocycles. The van der Waals surface area contributed by atoms with Crippen LogP contribution in [-0.4, -0.2) is 18.0 Å². The molecule has 1 aromatic carbocycles. The Kier molecular flexibility index (Phi) is 3.99. The number of nitrogens with one attached hydrogen (secondary N) is 1. The van der Waals surface area contributed by atoms with Crippen molar-refractivity contribution in [1.29, 1.82) is 0 Å². The fourth-order valence-electron chi connectivity index (χ4n) is 2.09. The van der Waals surface area contributed by atoms with Crippen molar-refractivity contribution in [2.24, 2.45) is 0 Å². The summed E-state index contributed by atoms with van der Waals surface area (Å²) < 4.78 is 10.2. The Bertz CT molecular complexity index is 935. The Labute approximate surface area is 135 Å². The van der Waals surface area contributed by atoms with Gasteiger partial charge >= 0.3 is 5.63 Å². The molecule has 0 spiro atoms. The first-order valence-electron chi connectivity index (χ1n) is 6.61. The van der Waals surface area contributed by atoms with Crippen molar-refractivity contribution in [3.8, 4) is 5.75 Å². The largest absolute Gasteiger partial charge is 0.497 e. The number of anilines is 1. The molecule has 6 nitrogen and oxygen atoms in total. The zero-order chi connectivity index (χ0) is 16.4. The number of nitrogens with zero attached hydrogens (tertiary/aromatic N) is 1. The monoisotopic (exact) mass is 330 g/mol. The van der Waals surface area contributed by atoms with Crippen LogP contribution in [0.1, 0.15) is 10.4 Å². The summed E-state index contributed by atoms with van der Waals surface area (Å²) in [7, 11) is 1.50. The van der Waals surface area contributed by atoms with Crippen LogP contribution in [-0.2, 0) is 0 Å². The second-order valence-corrected chi connectivity index (χ2v) is 5.09. The zero-order valence-corrected chi connectivity index (χ0v) is 12.8. The third-order valence-electron chi connectivity index (χ3n) is 3.17. The molecule has 116 valence electrons. The van der Waals surface area contributed by atoms with Gasteiger partial charge in [0.15, 0.2) is 0 Å². The van der Waals surface area contributed by atoms with Gasteiger partial charge in [-0.25, -0.2) is 9.78 Å². The summed E-state index contributed by atoms with van der Waals surface area (Å²) in [5, 5.41) is 3.57. The first-order valence-corrected chi connectivity index (χ1v) is 6.99. The summed E-state index contributed by atoms with van der Waals surface area (Å²) in [6.45, 7) is 0. The van der Waals surface area contributed by atoms with Gasteiger partial charge in [0, 0.05) is 23.7 Å². The van der Waals surface area contributed by atoms with Gasteiger partial charge in [0.1, 0.15) is 17.2 Å². The van der Waals surface area contributed by atoms with Crippen LogP contribution >= 0.6 is 11.6 Å². The van der Waals surface area contributed by atoms with Gasteiger partial charge in [0.2, 0.25) is 0 Å². The van der Waals surface area contributed by atoms with Gasteiger partial charge in [-0.2, -0.15) is 0 Å². The maximum Gasteiger partial charge on any atom is 0.337 e. The summed E-state index contributed by atoms with van der Waals surface area (Å²) in [4.78, 5) is 28.1. The molecular weight excluding hydrogens is 320 g/mol. The molecule has 3 rings (SSSR count). The molecule has 0 bridgehead atoms. The summed E-state index contributed by atoms with van der Waals surface area (Å²) in [6.07, 6.45) is 1.42. The van der Waals surface area contributed by atoms with E-state index in [4.69, 9.17) is 20.8 Å². The molecule has 3 aromatic rings. The fourth-order valence-corrected chi connectivity index (χ4v) is 2.20. The second kappa shape index (κ2) is 6.10. The van der Waals surface area contributed by atoms with Crippen LogP contribution in [0.15, 0.2) is 51.8 Å². The minimum atomic E-state index is -0.625. The molecule has 7 heteroatoms. The maximum atomic E-state index is 12.4. The van der Waals surface area contributed by atoms with Crippen LogP contribution in [0.3, 0.4) is 0 Å². The number of fused-ring (bicyclic) bond motifs is 1. The Balaban J connectivity index is 2.02. The number of rotatable bonds is 3. The highest BCUT2D eigenvalue weighted by Gasteiger charge is 2.14. The Morgan fingerprint density at radius 3 is 2.78 bits per heavy atom. The highest BCUT2D eigenvalue weighted by Crippen LogP contribution is 2.23. The number of amides is 1. The Morgan fingerprint density at radius 2 is 2.09 bits per heavy atom. The van der Waals surface area contributed by atoms with E-state index in [1.807, 2.05) is 0 Å². The standard InChI is InChI=1S/C16H11ClN2O4/c1-22-10-3-4-11-12(7-15(20)23-13(11)6-10)16(21)19-14-5-2-9(17)8-18-14/h2-8H,1H3,(H,18,19,21). The number of methoxy groups -OCH3 is 1. The normalized spacial score (nSPS) is 10.5. The van der Waals surface area contributed by atoms with E-state index in [0.717, 1.165) is 6.07 Å². The van der Waals surface area contributed by atoms with E-state index < -0.39 is 11.5 Å². The molecule has 0 aliphatic heterocycles. The van der Waals surface area contributed by atoms with E-state index in [1.165, 1.54) is 13.3 Å². The number of carbonyl (C=O) groups excluding carboxylic acids is 1. The van der Waals surface area contributed by atoms with Gasteiger partial charge in [-0.05, 0) is 24.3 Å². The SMILES string of the molecule is COc1ccc2c(C(=O)Nc3ccc(Cl)cn3)cc(=O)oc2c1. The van der Waals surface area contributed by atoms with Crippen LogP contribution in [0.2, 0.25) is 5.02 Å². The minimum Gasteiger partial charge on any atom is -0.497 e. The minimum absolute atomic E-state index is 0.190. The molecule has 0 atom stereocenters. The summed E-state index contributed by atoms with van der Waals surface area (Å²) in [5.41, 5.74) is -0.165. The topological polar surface area (TPSA) is 81.4 Å². The number of carbonyl (C=O) groups is 1. The van der Waals surface area contributed by atoms with Crippen molar-refractivity contribution in [1.82, 2.24) is 4.98 Å². The second-order valence-electron chi connectivity index (χ2n) is 4.66. The van der Waals surface area contributed by atoms with Crippen molar-refractivity contribution < 1.29 is 13.9 Å². The van der Waals surface area contributed by atoms with Crippen molar-refractivity contribution in [3.63, 3.8) is 0 Å². The molecule has 23 heavy (non-hydrogen) atoms. The lowest BCUT2D eigenvalue weighted by Crippen LogP contribution is -2.15. The predicted octanol–water partition coefficient (Wildman–Crippen LogP) is 3.10. The molecule has 2 heterocycles. The zero-order valence-electron chi connectivity index (χ0n) is 12.0. The van der Waals surface area contributed by atoms with E-state index in [0.29, 0.717) is 22.0 Å². The van der Waals surface area contributed by atoms with Crippen LogP contribution in [0.25, 0.3) is 11.0 Å². The molecule has 0 saturated heterocycles. The third kappa shape index (κ3) is 3.17. The Hall–Kier alpha value is -2.86. The van der Waals surface area contributed by atoms with Gasteiger partial charge in [0.05, 0.1) is 17.7 Å². The van der Waals surface area contributed by atoms with Crippen LogP contribution in [0.4, 0.5) is 5.82 Å². The van der Waals surface area contributed by atoms with Gasteiger partial charge in [0.25, 0.3) is 5.91 Å². The van der Waals surface area contributed by atoms with Crippen LogP contribution < -0.4 is 15.7 Å². The Morgan fingerprint density at radius 1 is 1.26 bits per heavy atom. The van der Waals surface area contributed by atoms with Gasteiger partial charge in [-0.15, -0.1) is 0 Å². The molecular formula is C16H11ClN2O4. The van der Waals surface area contributed by atoms with E-state index >= 15 is 0 Å². The van der Waals surface area contributed by atoms with Crippen molar-refractivity contribution in [2.75, 3.05) is 12.4 Å². The lowest BCUT2D eigenvalue weighted by Gasteiger charge is -2.07. The summed E-state index contributed by atoms with van der Waals surface area (Å²) in [6, 6.07) is 9.19. The van der Waals surface area contributed by atoms with Crippen LogP contribution in [0, 0.1) is 0 Å². The van der Waals surface area contributed by atoms with Crippen molar-refractivity contribution in [2.45, 2.75) is 0 Å². The molecule has 0 aliphatic rings. The van der Waals surface area contributed by atoms with E-state index in [1.54, 1.807) is 30.3 Å². The first-order chi connectivity index (χ1) is 11.1. The number of hydrogen-bond donors (Lipinski definition) is 1. The maximum absolute atomic E-state index is 12.4. The third-order valence-corrected chi connectivity index (χ3v) is 3.39. The van der Waals surface area contributed by atoms with E-state index in [2.05, 4.69) is 10.3 Å². The van der Waals surface area contributed by atoms with Gasteiger partial charge in [-0.3, -0.25) is 4.79 Å². The van der Waals surface area contributed by atoms with Gasteiger partial charge < -0.3 is 14.5 Å². The molecule has 0 radical (unpaired) electrons. The number of benzene rings is 1. The van der Waals surface area contributed by atoms with Crippen LogP contribution in [0.5, 0.6) is 5.75 Å². The first kappa shape index (κ1) is 15.1. The average Bonchev–Trinajstić information content (AvgIpc) is 2.55. The quantitative estimate of drug-likeness (QED) is 0.746. The molecule has 1 N–H and O–H groups in total. The number of pyridine rings is 1. The van der Waals surface area contributed by atoms with E-state index in [9.17, 15) is 9.59 Å². The molecule has 0 fully saturated rings. The number of halogens is 1. The van der Waals surface area contributed by atoms with Gasteiger partial charge in [-0.1, -0.05) is 11.6 Å². The number of hydrogen-bond acceptors (Lipinski definition) is 5. The molecule has 2 aromatic heterocycles. The summed E-state index contributed by atoms with van der Waals surface area (Å²) in [5.74, 6) is 0.384. The highest BCUT2D eigenvalue weighted by molar-refractivity contribution is 6.30. The van der Waals surface area contributed by atoms with Crippen molar-refractivity contribution >= 4 is 34.3 Å². The average molecular weight is 331 g/mol. The molecule has 1 amide bonds. The predicted molar refractivity (Wildman–Crippen MR) is 86.2 cm³/mol. The number of aromatic nitrogens is 1. The van der Waals surface area contributed by atoms with Crippen molar-refractivity contribution in [3.05, 3.63) is 63.6 Å². The molecule has 0 saturated carbocycles.